The molecule has 584 valence electrons. The highest BCUT2D eigenvalue weighted by Gasteiger charge is 2.54. The van der Waals surface area contributed by atoms with Crippen molar-refractivity contribution in [3.05, 3.63) is 24.3 Å². The number of carbonyl (C=O) groups excluding carboxylic acids is 1. The van der Waals surface area contributed by atoms with Crippen LogP contribution in [0.3, 0.4) is 0 Å². The molecule has 12 N–H and O–H groups in total. The van der Waals surface area contributed by atoms with Crippen molar-refractivity contribution in [1.82, 2.24) is 5.32 Å². The van der Waals surface area contributed by atoms with Crippen LogP contribution in [0.2, 0.25) is 0 Å². The topological polar surface area (TPSA) is 307 Å². The quantitative estimate of drug-likeness (QED) is 0.0199. The van der Waals surface area contributed by atoms with E-state index in [2.05, 4.69) is 31.3 Å². The van der Waals surface area contributed by atoms with E-state index in [1.54, 1.807) is 6.08 Å². The van der Waals surface area contributed by atoms with Crippen molar-refractivity contribution in [3.8, 4) is 0 Å². The first-order chi connectivity index (χ1) is 48.3. The number of ether oxygens (including phenoxy) is 6. The van der Waals surface area contributed by atoms with Crippen LogP contribution in [0.5, 0.6) is 0 Å². The van der Waals surface area contributed by atoms with Crippen LogP contribution in [0.15, 0.2) is 24.3 Å². The largest absolute Gasteiger partial charge is 0.394 e. The Bertz CT molecular complexity index is 1880. The normalized spacial score (nSPS) is 26.7. The Morgan fingerprint density at radius 2 is 0.636 bits per heavy atom. The van der Waals surface area contributed by atoms with Gasteiger partial charge in [0.15, 0.2) is 18.9 Å². The summed E-state index contributed by atoms with van der Waals surface area (Å²) in [5.41, 5.74) is 0. The molecule has 3 rings (SSSR count). The first-order valence-corrected chi connectivity index (χ1v) is 41.1. The fraction of sp³-hybridized carbons (Fsp3) is 0.938. The highest BCUT2D eigenvalue weighted by molar-refractivity contribution is 5.76. The first kappa shape index (κ1) is 91.5. The lowest BCUT2D eigenvalue weighted by Gasteiger charge is -2.48. The van der Waals surface area contributed by atoms with Crippen LogP contribution in [0.4, 0.5) is 0 Å². The Morgan fingerprint density at radius 3 is 0.980 bits per heavy atom. The van der Waals surface area contributed by atoms with Gasteiger partial charge in [-0.1, -0.05) is 321 Å². The number of rotatable bonds is 66. The van der Waals surface area contributed by atoms with Gasteiger partial charge in [0, 0.05) is 6.42 Å². The number of unbranched alkanes of at least 4 members (excludes halogenated alkanes) is 48. The molecule has 0 aromatic heterocycles. The molecule has 3 aliphatic heterocycles. The Balaban J connectivity index is 1.25. The van der Waals surface area contributed by atoms with Crippen molar-refractivity contribution in [2.75, 3.05) is 26.4 Å². The lowest BCUT2D eigenvalue weighted by atomic mass is 9.96. The van der Waals surface area contributed by atoms with Crippen LogP contribution in [0.1, 0.15) is 348 Å². The third-order valence-corrected chi connectivity index (χ3v) is 20.7. The Labute approximate surface area is 600 Å². The molecule has 3 aliphatic rings. The second kappa shape index (κ2) is 61.4. The lowest BCUT2D eigenvalue weighted by Crippen LogP contribution is -2.66. The van der Waals surface area contributed by atoms with E-state index in [0.717, 1.165) is 44.9 Å². The molecule has 0 radical (unpaired) electrons. The van der Waals surface area contributed by atoms with Crippen LogP contribution >= 0.6 is 0 Å². The summed E-state index contributed by atoms with van der Waals surface area (Å²) in [6, 6.07) is -0.969. The minimum Gasteiger partial charge on any atom is -0.394 e. The fourth-order valence-electron chi connectivity index (χ4n) is 14.1. The van der Waals surface area contributed by atoms with Gasteiger partial charge in [0.05, 0.1) is 38.6 Å². The van der Waals surface area contributed by atoms with Crippen LogP contribution in [-0.2, 0) is 33.2 Å². The van der Waals surface area contributed by atoms with Gasteiger partial charge in [-0.15, -0.1) is 0 Å². The molecule has 17 atom stereocenters. The number of amides is 1. The molecular weight excluding hydrogens is 1260 g/mol. The van der Waals surface area contributed by atoms with E-state index in [1.165, 1.54) is 276 Å². The third kappa shape index (κ3) is 41.7. The molecule has 19 nitrogen and oxygen atoms in total. The number of hydrogen-bond donors (Lipinski definition) is 12. The number of aliphatic hydroxyl groups excluding tert-OH is 11. The zero-order valence-corrected chi connectivity index (χ0v) is 62.5. The molecule has 0 aliphatic carbocycles. The van der Waals surface area contributed by atoms with E-state index in [1.807, 2.05) is 6.08 Å². The van der Waals surface area contributed by atoms with Gasteiger partial charge in [0.25, 0.3) is 0 Å². The first-order valence-electron chi connectivity index (χ1n) is 41.1. The van der Waals surface area contributed by atoms with Crippen molar-refractivity contribution in [2.45, 2.75) is 452 Å². The van der Waals surface area contributed by atoms with Gasteiger partial charge >= 0.3 is 0 Å². The van der Waals surface area contributed by atoms with E-state index in [9.17, 15) is 61.0 Å². The van der Waals surface area contributed by atoms with Gasteiger partial charge in [-0.3, -0.25) is 4.79 Å². The number of allylic oxidation sites excluding steroid dienone is 3. The highest BCUT2D eigenvalue weighted by atomic mass is 16.8. The van der Waals surface area contributed by atoms with Gasteiger partial charge in [-0.2, -0.15) is 0 Å². The number of carbonyl (C=O) groups is 1. The van der Waals surface area contributed by atoms with Gasteiger partial charge < -0.3 is 89.9 Å². The van der Waals surface area contributed by atoms with Crippen LogP contribution < -0.4 is 5.32 Å². The minimum absolute atomic E-state index is 0.249. The second-order valence-corrected chi connectivity index (χ2v) is 29.6. The fourth-order valence-corrected chi connectivity index (χ4v) is 14.1. The van der Waals surface area contributed by atoms with Gasteiger partial charge in [-0.25, -0.2) is 0 Å². The van der Waals surface area contributed by atoms with Crippen molar-refractivity contribution >= 4 is 5.91 Å². The smallest absolute Gasteiger partial charge is 0.220 e. The predicted octanol–water partition coefficient (Wildman–Crippen LogP) is 13.7. The summed E-state index contributed by atoms with van der Waals surface area (Å²) in [5.74, 6) is -0.269. The van der Waals surface area contributed by atoms with Crippen molar-refractivity contribution < 1.29 is 89.4 Å². The second-order valence-electron chi connectivity index (χ2n) is 29.6. The van der Waals surface area contributed by atoms with E-state index >= 15 is 0 Å². The summed E-state index contributed by atoms with van der Waals surface area (Å²) < 4.78 is 34.4. The van der Waals surface area contributed by atoms with Gasteiger partial charge in [-0.05, 0) is 44.9 Å². The molecule has 0 aromatic rings. The molecule has 0 spiro atoms. The van der Waals surface area contributed by atoms with Crippen LogP contribution in [-0.4, -0.2) is 193 Å². The maximum absolute atomic E-state index is 13.4. The highest BCUT2D eigenvalue weighted by Crippen LogP contribution is 2.33. The van der Waals surface area contributed by atoms with Crippen LogP contribution in [0.25, 0.3) is 0 Å². The molecule has 1 amide bonds. The predicted molar refractivity (Wildman–Crippen MR) is 393 cm³/mol. The average molecular weight is 1420 g/mol. The molecule has 0 bridgehead atoms. The maximum atomic E-state index is 13.4. The Kier molecular flexibility index (Phi) is 56.8. The average Bonchev–Trinajstić information content (AvgIpc) is 0.785. The summed E-state index contributed by atoms with van der Waals surface area (Å²) in [5, 5.41) is 121. The molecule has 17 unspecified atom stereocenters. The summed E-state index contributed by atoms with van der Waals surface area (Å²) in [7, 11) is 0. The number of hydrogen-bond acceptors (Lipinski definition) is 18. The molecule has 0 saturated carbocycles. The van der Waals surface area contributed by atoms with Gasteiger partial charge in [0.2, 0.25) is 5.91 Å². The molecule has 3 heterocycles. The maximum Gasteiger partial charge on any atom is 0.220 e. The lowest BCUT2D eigenvalue weighted by molar-refractivity contribution is -0.379. The zero-order chi connectivity index (χ0) is 71.8. The van der Waals surface area contributed by atoms with Gasteiger partial charge in [0.1, 0.15) is 73.2 Å². The van der Waals surface area contributed by atoms with Crippen molar-refractivity contribution in [2.24, 2.45) is 0 Å². The Hall–Kier alpha value is -1.73. The third-order valence-electron chi connectivity index (χ3n) is 20.7. The summed E-state index contributed by atoms with van der Waals surface area (Å²) in [6.45, 7) is 1.76. The standard InChI is InChI=1S/C80H151NO18/c1-3-5-7-9-11-13-15-17-18-19-20-21-22-23-24-25-26-27-28-29-30-31-32-33-34-35-36-37-38-39-40-41-42-43-44-46-48-50-52-54-56-58-68(86)81-63(64(85)57-55-53-51-49-47-45-16-14-12-10-8-6-4-2)62-94-78-74(92)71(89)76(66(60-83)96-78)99-80-75(93)72(90)77(67(61-84)97-80)98-79-73(91)70(88)69(87)65(59-82)95-79/h19-20,55,57,63-67,69-80,82-85,87-93H,3-18,21-54,56,58-62H2,1-2H3,(H,81,86)/b20-19-,57-55+. The van der Waals surface area contributed by atoms with Crippen molar-refractivity contribution in [1.29, 1.82) is 0 Å². The SMILES string of the molecule is CCCCCCCCCC/C=C\CCCCCCCCCCCCCCCCCCCCCCCCCCCCCCCC(=O)NC(COC1OC(CO)C(OC2OC(CO)C(OC3OC(CO)C(O)C(O)C3O)C(O)C2O)C(O)C1O)C(O)/C=C/CCCCCCCCCCCCC. The van der Waals surface area contributed by atoms with E-state index < -0.39 is 124 Å². The number of aliphatic hydroxyl groups is 11. The van der Waals surface area contributed by atoms with Crippen LogP contribution in [0, 0.1) is 0 Å². The molecule has 3 saturated heterocycles. The van der Waals surface area contributed by atoms with E-state index in [4.69, 9.17) is 28.4 Å². The Morgan fingerprint density at radius 1 is 0.354 bits per heavy atom. The molecule has 0 aromatic carbocycles. The van der Waals surface area contributed by atoms with Crippen molar-refractivity contribution in [3.63, 3.8) is 0 Å². The molecule has 3 fully saturated rings. The number of nitrogens with one attached hydrogen (secondary N) is 1. The summed E-state index contributed by atoms with van der Waals surface area (Å²) in [6.07, 6.45) is 47.9. The van der Waals surface area contributed by atoms with E-state index in [0.29, 0.717) is 6.42 Å². The monoisotopic (exact) mass is 1410 g/mol. The molecule has 19 heteroatoms. The summed E-state index contributed by atoms with van der Waals surface area (Å²) in [4.78, 5) is 13.4. The molecule has 99 heavy (non-hydrogen) atoms. The molecular formula is C80H151NO18. The zero-order valence-electron chi connectivity index (χ0n) is 62.5. The van der Waals surface area contributed by atoms with E-state index in [-0.39, 0.29) is 18.9 Å². The minimum atomic E-state index is -1.98. The summed E-state index contributed by atoms with van der Waals surface area (Å²) >= 11 is 0.